The third-order valence-corrected chi connectivity index (χ3v) is 3.49. The minimum Gasteiger partial charge on any atom is -0.316 e. The molecule has 0 saturated carbocycles. The summed E-state index contributed by atoms with van der Waals surface area (Å²) in [5.74, 6) is 0. The average molecular weight is 241 g/mol. The smallest absolute Gasteiger partial charge is 0.0109 e. The molecule has 0 atom stereocenters. The van der Waals surface area contributed by atoms with E-state index in [4.69, 9.17) is 0 Å². The molecule has 0 spiro atoms. The van der Waals surface area contributed by atoms with Crippen LogP contribution in [0.4, 0.5) is 0 Å². The molecule has 0 unspecified atom stereocenters. The van der Waals surface area contributed by atoms with Gasteiger partial charge in [-0.25, -0.2) is 0 Å². The second-order valence-corrected chi connectivity index (χ2v) is 6.27. The van der Waals surface area contributed by atoms with Crippen LogP contribution in [0.5, 0.6) is 0 Å². The van der Waals surface area contributed by atoms with Crippen LogP contribution in [-0.2, 0) is 0 Å². The topological polar surface area (TPSA) is 18.5 Å². The molecule has 0 amide bonds. The molecule has 0 aromatic heterocycles. The van der Waals surface area contributed by atoms with E-state index in [-0.39, 0.29) is 0 Å². The van der Waals surface area contributed by atoms with Crippen LogP contribution in [0.1, 0.15) is 33.6 Å². The number of hydrogen-bond donors (Lipinski definition) is 1. The molecule has 0 bridgehead atoms. The third-order valence-electron chi connectivity index (χ3n) is 3.49. The van der Waals surface area contributed by atoms with Gasteiger partial charge in [-0.15, -0.1) is 0 Å². The fourth-order valence-electron chi connectivity index (χ4n) is 2.52. The number of rotatable bonds is 6. The van der Waals surface area contributed by atoms with Crippen LogP contribution in [0.2, 0.25) is 0 Å². The highest BCUT2D eigenvalue weighted by molar-refractivity contribution is 4.78. The normalized spacial score (nSPS) is 20.5. The molecule has 0 aliphatic carbocycles. The fraction of sp³-hybridized carbons (Fsp3) is 1.00. The summed E-state index contributed by atoms with van der Waals surface area (Å²) in [5.41, 5.74) is 0.387. The van der Waals surface area contributed by atoms with Gasteiger partial charge in [-0.05, 0) is 44.9 Å². The number of nitrogens with zero attached hydrogens (tertiary/aromatic N) is 2. The SMILES string of the molecule is CCCNCC(C)(C)CN1CCCN(C)CC1. The van der Waals surface area contributed by atoms with Crippen molar-refractivity contribution in [3.63, 3.8) is 0 Å². The summed E-state index contributed by atoms with van der Waals surface area (Å²) in [6, 6.07) is 0. The Bertz CT molecular complexity index is 204. The Labute approximate surface area is 108 Å². The van der Waals surface area contributed by atoms with Crippen molar-refractivity contribution < 1.29 is 0 Å². The Balaban J connectivity index is 2.30. The van der Waals surface area contributed by atoms with Gasteiger partial charge in [0.15, 0.2) is 0 Å². The van der Waals surface area contributed by atoms with Crippen molar-refractivity contribution >= 4 is 0 Å². The summed E-state index contributed by atoms with van der Waals surface area (Å²) in [6.45, 7) is 15.5. The monoisotopic (exact) mass is 241 g/mol. The maximum Gasteiger partial charge on any atom is 0.0109 e. The van der Waals surface area contributed by atoms with E-state index in [0.29, 0.717) is 5.41 Å². The van der Waals surface area contributed by atoms with Crippen molar-refractivity contribution in [2.24, 2.45) is 5.41 Å². The molecular weight excluding hydrogens is 210 g/mol. The van der Waals surface area contributed by atoms with E-state index in [1.54, 1.807) is 0 Å². The Hall–Kier alpha value is -0.120. The molecule has 1 N–H and O–H groups in total. The van der Waals surface area contributed by atoms with Gasteiger partial charge in [0.2, 0.25) is 0 Å². The molecule has 3 nitrogen and oxygen atoms in total. The van der Waals surface area contributed by atoms with Gasteiger partial charge >= 0.3 is 0 Å². The summed E-state index contributed by atoms with van der Waals surface area (Å²) in [5, 5.41) is 3.55. The van der Waals surface area contributed by atoms with Gasteiger partial charge < -0.3 is 15.1 Å². The van der Waals surface area contributed by atoms with Crippen LogP contribution in [0.15, 0.2) is 0 Å². The maximum atomic E-state index is 3.55. The second-order valence-electron chi connectivity index (χ2n) is 6.27. The first kappa shape index (κ1) is 14.9. The van der Waals surface area contributed by atoms with E-state index in [9.17, 15) is 0 Å². The number of hydrogen-bond acceptors (Lipinski definition) is 3. The summed E-state index contributed by atoms with van der Waals surface area (Å²) < 4.78 is 0. The molecule has 1 saturated heterocycles. The van der Waals surface area contributed by atoms with Crippen LogP contribution in [0, 0.1) is 5.41 Å². The first-order valence-electron chi connectivity index (χ1n) is 7.15. The first-order chi connectivity index (χ1) is 8.03. The standard InChI is InChI=1S/C14H31N3/c1-5-7-15-12-14(2,3)13-17-9-6-8-16(4)10-11-17/h15H,5-13H2,1-4H3. The highest BCUT2D eigenvalue weighted by Crippen LogP contribution is 2.17. The van der Waals surface area contributed by atoms with E-state index in [2.05, 4.69) is 42.9 Å². The van der Waals surface area contributed by atoms with Crippen molar-refractivity contribution in [2.75, 3.05) is 52.9 Å². The van der Waals surface area contributed by atoms with E-state index >= 15 is 0 Å². The quantitative estimate of drug-likeness (QED) is 0.713. The third kappa shape index (κ3) is 6.39. The van der Waals surface area contributed by atoms with Crippen molar-refractivity contribution in [2.45, 2.75) is 33.6 Å². The highest BCUT2D eigenvalue weighted by Gasteiger charge is 2.22. The van der Waals surface area contributed by atoms with Crippen LogP contribution in [-0.4, -0.2) is 62.7 Å². The second kappa shape index (κ2) is 7.34. The Morgan fingerprint density at radius 1 is 1.12 bits per heavy atom. The molecule has 1 aliphatic rings. The van der Waals surface area contributed by atoms with E-state index < -0.39 is 0 Å². The van der Waals surface area contributed by atoms with Gasteiger partial charge in [0.25, 0.3) is 0 Å². The van der Waals surface area contributed by atoms with Crippen LogP contribution in [0.25, 0.3) is 0 Å². The molecule has 3 heteroatoms. The summed E-state index contributed by atoms with van der Waals surface area (Å²) >= 11 is 0. The Kier molecular flexibility index (Phi) is 6.45. The molecule has 17 heavy (non-hydrogen) atoms. The lowest BCUT2D eigenvalue weighted by atomic mass is 9.92. The molecule has 0 aromatic carbocycles. The zero-order valence-electron chi connectivity index (χ0n) is 12.3. The fourth-order valence-corrected chi connectivity index (χ4v) is 2.52. The molecule has 1 rings (SSSR count). The first-order valence-corrected chi connectivity index (χ1v) is 7.15. The molecule has 0 aromatic rings. The Morgan fingerprint density at radius 2 is 1.88 bits per heavy atom. The van der Waals surface area contributed by atoms with Crippen LogP contribution in [0.3, 0.4) is 0 Å². The molecule has 0 radical (unpaired) electrons. The predicted molar refractivity (Wildman–Crippen MR) is 75.5 cm³/mol. The summed E-state index contributed by atoms with van der Waals surface area (Å²) in [7, 11) is 2.23. The zero-order valence-corrected chi connectivity index (χ0v) is 12.3. The predicted octanol–water partition coefficient (Wildman–Crippen LogP) is 1.65. The molecule has 102 valence electrons. The average Bonchev–Trinajstić information content (AvgIpc) is 2.43. The highest BCUT2D eigenvalue weighted by atomic mass is 15.2. The van der Waals surface area contributed by atoms with Crippen molar-refractivity contribution in [3.05, 3.63) is 0 Å². The molecular formula is C14H31N3. The summed E-state index contributed by atoms with van der Waals surface area (Å²) in [6.07, 6.45) is 2.54. The van der Waals surface area contributed by atoms with Crippen molar-refractivity contribution in [1.29, 1.82) is 0 Å². The lowest BCUT2D eigenvalue weighted by Gasteiger charge is -2.32. The summed E-state index contributed by atoms with van der Waals surface area (Å²) in [4.78, 5) is 5.08. The minimum absolute atomic E-state index is 0.387. The zero-order chi connectivity index (χ0) is 12.7. The van der Waals surface area contributed by atoms with E-state index in [0.717, 1.165) is 13.1 Å². The van der Waals surface area contributed by atoms with Gasteiger partial charge in [-0.2, -0.15) is 0 Å². The van der Waals surface area contributed by atoms with Crippen LogP contribution >= 0.6 is 0 Å². The minimum atomic E-state index is 0.387. The van der Waals surface area contributed by atoms with Gasteiger partial charge in [-0.3, -0.25) is 0 Å². The van der Waals surface area contributed by atoms with Gasteiger partial charge in [0.05, 0.1) is 0 Å². The Morgan fingerprint density at radius 3 is 2.59 bits per heavy atom. The van der Waals surface area contributed by atoms with Gasteiger partial charge in [0.1, 0.15) is 0 Å². The number of nitrogens with one attached hydrogen (secondary N) is 1. The maximum absolute atomic E-state index is 3.55. The van der Waals surface area contributed by atoms with Crippen molar-refractivity contribution in [3.8, 4) is 0 Å². The lowest BCUT2D eigenvalue weighted by molar-refractivity contribution is 0.179. The van der Waals surface area contributed by atoms with E-state index in [1.165, 1.54) is 45.6 Å². The van der Waals surface area contributed by atoms with Gasteiger partial charge in [-0.1, -0.05) is 20.8 Å². The van der Waals surface area contributed by atoms with E-state index in [1.807, 2.05) is 0 Å². The number of likely N-dealkylation sites (N-methyl/N-ethyl adjacent to an activating group) is 1. The largest absolute Gasteiger partial charge is 0.316 e. The van der Waals surface area contributed by atoms with Crippen molar-refractivity contribution in [1.82, 2.24) is 15.1 Å². The molecule has 1 heterocycles. The lowest BCUT2D eigenvalue weighted by Crippen LogP contribution is -2.42. The van der Waals surface area contributed by atoms with Crippen LogP contribution < -0.4 is 5.32 Å². The molecule has 1 fully saturated rings. The molecule has 1 aliphatic heterocycles. The van der Waals surface area contributed by atoms with Gasteiger partial charge in [0, 0.05) is 26.2 Å².